The Morgan fingerprint density at radius 1 is 1.00 bits per heavy atom. The molecule has 0 unspecified atom stereocenters. The molecular weight excluding hydrogens is 212 g/mol. The first-order valence-corrected chi connectivity index (χ1v) is 2.10. The second-order valence-corrected chi connectivity index (χ2v) is 1.34. The zero-order valence-corrected chi connectivity index (χ0v) is 8.27. The van der Waals surface area contributed by atoms with Crippen molar-refractivity contribution in [1.82, 2.24) is 0 Å². The molecule has 6 N–H and O–H groups in total. The van der Waals surface area contributed by atoms with Crippen LogP contribution >= 0.6 is 0 Å². The molecule has 0 aromatic rings. The van der Waals surface area contributed by atoms with Gasteiger partial charge in [-0.05, 0) is 0 Å². The summed E-state index contributed by atoms with van der Waals surface area (Å²) in [5, 5.41) is 0. The van der Waals surface area contributed by atoms with E-state index in [0.29, 0.717) is 0 Å². The number of hydrogen-bond donors (Lipinski definition) is 2. The van der Waals surface area contributed by atoms with Gasteiger partial charge in [0.05, 0.1) is 0 Å². The van der Waals surface area contributed by atoms with E-state index < -0.39 is 10.4 Å². The summed E-state index contributed by atoms with van der Waals surface area (Å²) in [5.74, 6) is 0. The predicted molar refractivity (Wildman–Crippen MR) is 30.5 cm³/mol. The Kier molecular flexibility index (Phi) is 23.6. The largest absolute Gasteiger partial charge is 2.00 e. The summed E-state index contributed by atoms with van der Waals surface area (Å²) in [7, 11) is -4.67. The number of rotatable bonds is 0. The Balaban J connectivity index is -0.0000000267. The maximum absolute atomic E-state index is 8.74. The van der Waals surface area contributed by atoms with Gasteiger partial charge in [0.1, 0.15) is 0 Å². The van der Waals surface area contributed by atoms with Gasteiger partial charge in [-0.15, -0.1) is 0 Å². The fourth-order valence-corrected chi connectivity index (χ4v) is 0. The number of hydrogen-bond acceptors (Lipinski definition) is 2. The van der Waals surface area contributed by atoms with Crippen LogP contribution in [0.25, 0.3) is 12.3 Å². The van der Waals surface area contributed by atoms with Crippen molar-refractivity contribution in [1.29, 1.82) is 0 Å². The van der Waals surface area contributed by atoms with Crippen LogP contribution in [0.15, 0.2) is 0 Å². The molecule has 0 saturated carbocycles. The zero-order valence-electron chi connectivity index (χ0n) is 3.98. The Labute approximate surface area is 84.7 Å². The van der Waals surface area contributed by atoms with Crippen molar-refractivity contribution in [3.63, 3.8) is 0 Å². The van der Waals surface area contributed by atoms with Gasteiger partial charge in [0, 0.05) is 0 Å². The molecule has 6 nitrogen and oxygen atoms in total. The molecule has 0 heterocycles. The fraction of sp³-hybridized carbons (Fsp3) is 0. The van der Waals surface area contributed by atoms with E-state index in [-0.39, 0.29) is 57.8 Å². The molecule has 0 aliphatic heterocycles. The van der Waals surface area contributed by atoms with Gasteiger partial charge in [0.2, 0.25) is 0 Å². The van der Waals surface area contributed by atoms with Crippen LogP contribution in [0.5, 0.6) is 0 Å². The van der Waals surface area contributed by atoms with E-state index in [9.17, 15) is 0 Å². The number of nitrogens with two attached hydrogens (primary N) is 2. The molecule has 0 radical (unpaired) electrons. The second kappa shape index (κ2) is 8.27. The van der Waals surface area contributed by atoms with Crippen LogP contribution in [0.4, 0.5) is 0 Å². The molecule has 0 atom stereocenters. The van der Waals surface area contributed by atoms with Crippen molar-refractivity contribution in [2.75, 3.05) is 0 Å². The minimum absolute atomic E-state index is 0. The zero-order chi connectivity index (χ0) is 4.50. The summed E-state index contributed by atoms with van der Waals surface area (Å²) in [4.78, 5) is 0. The van der Waals surface area contributed by atoms with Crippen molar-refractivity contribution in [3.05, 3.63) is 12.3 Å². The van der Waals surface area contributed by atoms with Crippen molar-refractivity contribution in [2.45, 2.75) is 0 Å². The van der Waals surface area contributed by atoms with Crippen molar-refractivity contribution in [2.24, 2.45) is 0 Å². The summed E-state index contributed by atoms with van der Waals surface area (Å²) >= 11 is 0. The Bertz CT molecular complexity index is 97.2. The SMILES string of the molecule is O=S(=O)(O)O.[NH2-].[NH2-].[Sr+2]. The van der Waals surface area contributed by atoms with Crippen LogP contribution < -0.4 is 0 Å². The Morgan fingerprint density at radius 3 is 1.00 bits per heavy atom. The molecule has 0 aromatic carbocycles. The molecule has 0 amide bonds. The standard InChI is InChI=1S/2H2N.H2O4S.Sr/c;;1-5(2,3)4;/h2*1H2;(H2,1,2,3,4);/q2*-1;;+2. The Morgan fingerprint density at radius 2 is 1.00 bits per heavy atom. The van der Waals surface area contributed by atoms with Crippen molar-refractivity contribution >= 4 is 55.9 Å². The molecule has 0 spiro atoms. The van der Waals surface area contributed by atoms with Gasteiger partial charge in [-0.2, -0.15) is 8.42 Å². The third kappa shape index (κ3) is 177. The van der Waals surface area contributed by atoms with E-state index in [0.717, 1.165) is 0 Å². The van der Waals surface area contributed by atoms with E-state index in [4.69, 9.17) is 17.5 Å². The summed E-state index contributed by atoms with van der Waals surface area (Å²) in [6.07, 6.45) is 0. The van der Waals surface area contributed by atoms with E-state index in [1.165, 1.54) is 0 Å². The average Bonchev–Trinajstić information content (AvgIpc) is 0.722. The molecule has 0 aliphatic carbocycles. The molecule has 48 valence electrons. The minimum atomic E-state index is -4.67. The molecule has 0 aliphatic rings. The first kappa shape index (κ1) is 22.8. The third-order valence-electron chi connectivity index (χ3n) is 0. The summed E-state index contributed by atoms with van der Waals surface area (Å²) in [6.45, 7) is 0. The molecule has 0 bridgehead atoms. The van der Waals surface area contributed by atoms with Crippen LogP contribution in [-0.4, -0.2) is 63.0 Å². The fourth-order valence-electron chi connectivity index (χ4n) is 0. The van der Waals surface area contributed by atoms with Gasteiger partial charge >= 0.3 is 55.9 Å². The molecule has 0 fully saturated rings. The van der Waals surface area contributed by atoms with Crippen LogP contribution in [-0.2, 0) is 10.4 Å². The van der Waals surface area contributed by atoms with E-state index in [1.54, 1.807) is 0 Å². The van der Waals surface area contributed by atoms with Crippen LogP contribution in [0.1, 0.15) is 0 Å². The predicted octanol–water partition coefficient (Wildman–Crippen LogP) is 0.401. The van der Waals surface area contributed by atoms with Crippen LogP contribution in [0, 0.1) is 0 Å². The minimum Gasteiger partial charge on any atom is -0.693 e. The molecule has 0 rings (SSSR count). The van der Waals surface area contributed by atoms with Crippen LogP contribution in [0.2, 0.25) is 0 Å². The summed E-state index contributed by atoms with van der Waals surface area (Å²) < 4.78 is 31.6. The molecule has 8 heteroatoms. The van der Waals surface area contributed by atoms with E-state index in [2.05, 4.69) is 0 Å². The molecule has 8 heavy (non-hydrogen) atoms. The van der Waals surface area contributed by atoms with Crippen molar-refractivity contribution < 1.29 is 17.5 Å². The quantitative estimate of drug-likeness (QED) is 0.447. The summed E-state index contributed by atoms with van der Waals surface area (Å²) in [6, 6.07) is 0. The smallest absolute Gasteiger partial charge is 0.693 e. The maximum atomic E-state index is 8.74. The van der Waals surface area contributed by atoms with Gasteiger partial charge in [-0.1, -0.05) is 0 Å². The second-order valence-electron chi connectivity index (χ2n) is 0.448. The van der Waals surface area contributed by atoms with Crippen LogP contribution in [0.3, 0.4) is 0 Å². The van der Waals surface area contributed by atoms with E-state index >= 15 is 0 Å². The van der Waals surface area contributed by atoms with Gasteiger partial charge < -0.3 is 12.3 Å². The van der Waals surface area contributed by atoms with Gasteiger partial charge in [-0.3, -0.25) is 9.11 Å². The van der Waals surface area contributed by atoms with Gasteiger partial charge in [0.25, 0.3) is 0 Å². The monoisotopic (exact) mass is 218 g/mol. The first-order chi connectivity index (χ1) is 2.00. The third-order valence-corrected chi connectivity index (χ3v) is 0. The van der Waals surface area contributed by atoms with Gasteiger partial charge in [0.15, 0.2) is 0 Å². The molecule has 0 saturated heterocycles. The molecular formula is H6N2O4SSr. The van der Waals surface area contributed by atoms with Gasteiger partial charge in [-0.25, -0.2) is 0 Å². The van der Waals surface area contributed by atoms with Crippen molar-refractivity contribution in [3.8, 4) is 0 Å². The average molecular weight is 218 g/mol. The van der Waals surface area contributed by atoms with E-state index in [1.807, 2.05) is 0 Å². The maximum Gasteiger partial charge on any atom is 2.00 e. The molecule has 0 aromatic heterocycles. The topological polar surface area (TPSA) is 142 Å². The summed E-state index contributed by atoms with van der Waals surface area (Å²) in [5.41, 5.74) is 0. The first-order valence-electron chi connectivity index (χ1n) is 0.698. The normalized spacial score (nSPS) is 7.25. The Hall–Kier alpha value is 1.27.